The molecule has 2 saturated carbocycles. The maximum atomic E-state index is 10.3. The van der Waals surface area contributed by atoms with Crippen molar-refractivity contribution in [2.75, 3.05) is 6.54 Å². The summed E-state index contributed by atoms with van der Waals surface area (Å²) in [5.41, 5.74) is 6.54. The molecule has 2 fully saturated rings. The van der Waals surface area contributed by atoms with E-state index >= 15 is 0 Å². The zero-order chi connectivity index (χ0) is 13.2. The molecule has 0 saturated heterocycles. The minimum Gasteiger partial charge on any atom is -0.325 e. The van der Waals surface area contributed by atoms with Gasteiger partial charge in [-0.25, -0.2) is 0 Å². The van der Waals surface area contributed by atoms with Gasteiger partial charge in [-0.05, 0) is 42.9 Å². The lowest BCUT2D eigenvalue weighted by atomic mass is 9.64. The molecule has 2 aliphatic carbocycles. The predicted octanol–water partition coefficient (Wildman–Crippen LogP) is 3.71. The van der Waals surface area contributed by atoms with E-state index in [2.05, 4.69) is 19.0 Å². The molecule has 0 aromatic rings. The molecule has 3 unspecified atom stereocenters. The first-order chi connectivity index (χ1) is 8.59. The SMILES string of the molecule is CCCCCC1CC(N)(CC2C(C)C2CN=O)C1. The lowest BCUT2D eigenvalue weighted by Crippen LogP contribution is -2.52. The molecule has 0 heterocycles. The molecule has 3 atom stereocenters. The topological polar surface area (TPSA) is 55.4 Å². The molecule has 0 aromatic heterocycles. The summed E-state index contributed by atoms with van der Waals surface area (Å²) in [6.07, 6.45) is 8.95. The second kappa shape index (κ2) is 5.68. The van der Waals surface area contributed by atoms with E-state index in [4.69, 9.17) is 5.73 Å². The van der Waals surface area contributed by atoms with Crippen molar-refractivity contribution in [1.29, 1.82) is 0 Å². The molecule has 18 heavy (non-hydrogen) atoms. The number of nitroso groups, excluding NO2 is 1. The number of hydrogen-bond acceptors (Lipinski definition) is 3. The number of hydrogen-bond donors (Lipinski definition) is 1. The summed E-state index contributed by atoms with van der Waals surface area (Å²) in [5.74, 6) is 2.74. The first-order valence-electron chi connectivity index (χ1n) is 7.67. The van der Waals surface area contributed by atoms with Crippen molar-refractivity contribution in [3.05, 3.63) is 4.91 Å². The first kappa shape index (κ1) is 14.0. The van der Waals surface area contributed by atoms with Crippen LogP contribution in [0.1, 0.15) is 58.8 Å². The van der Waals surface area contributed by atoms with Gasteiger partial charge in [0.25, 0.3) is 0 Å². The molecule has 3 heteroatoms. The maximum Gasteiger partial charge on any atom is 0.0844 e. The number of unbranched alkanes of at least 4 members (excludes halogenated alkanes) is 2. The first-order valence-corrected chi connectivity index (χ1v) is 7.67. The van der Waals surface area contributed by atoms with Crippen LogP contribution in [-0.4, -0.2) is 12.1 Å². The largest absolute Gasteiger partial charge is 0.325 e. The summed E-state index contributed by atoms with van der Waals surface area (Å²) >= 11 is 0. The van der Waals surface area contributed by atoms with Crippen molar-refractivity contribution >= 4 is 0 Å². The fraction of sp³-hybridized carbons (Fsp3) is 1.00. The van der Waals surface area contributed by atoms with Gasteiger partial charge in [0.15, 0.2) is 0 Å². The Labute approximate surface area is 111 Å². The summed E-state index contributed by atoms with van der Waals surface area (Å²) in [6.45, 7) is 4.99. The Hall–Kier alpha value is -0.440. The minimum absolute atomic E-state index is 0.0907. The van der Waals surface area contributed by atoms with Crippen LogP contribution in [0.5, 0.6) is 0 Å². The third kappa shape index (κ3) is 3.11. The predicted molar refractivity (Wildman–Crippen MR) is 75.2 cm³/mol. The zero-order valence-corrected chi connectivity index (χ0v) is 11.9. The molecular formula is C15H28N2O. The Morgan fingerprint density at radius 2 is 2.00 bits per heavy atom. The molecule has 0 bridgehead atoms. The molecule has 0 aromatic carbocycles. The van der Waals surface area contributed by atoms with E-state index in [9.17, 15) is 4.91 Å². The van der Waals surface area contributed by atoms with Gasteiger partial charge < -0.3 is 5.73 Å². The maximum absolute atomic E-state index is 10.3. The van der Waals surface area contributed by atoms with Crippen LogP contribution in [0.15, 0.2) is 5.18 Å². The van der Waals surface area contributed by atoms with Gasteiger partial charge >= 0.3 is 0 Å². The van der Waals surface area contributed by atoms with Gasteiger partial charge in [0, 0.05) is 5.54 Å². The standard InChI is InChI=1S/C15H28N2O/c1-3-4-5-6-12-7-15(16,8-12)9-13-11(2)14(13)10-17-18/h11-14H,3-10,16H2,1-2H3. The van der Waals surface area contributed by atoms with Gasteiger partial charge in [0.1, 0.15) is 0 Å². The van der Waals surface area contributed by atoms with Crippen molar-refractivity contribution in [2.24, 2.45) is 34.6 Å². The lowest BCUT2D eigenvalue weighted by molar-refractivity contribution is 0.117. The van der Waals surface area contributed by atoms with Crippen LogP contribution in [0.25, 0.3) is 0 Å². The van der Waals surface area contributed by atoms with Crippen molar-refractivity contribution in [1.82, 2.24) is 0 Å². The average Bonchev–Trinajstić information content (AvgIpc) is 2.87. The smallest absolute Gasteiger partial charge is 0.0844 e. The highest BCUT2D eigenvalue weighted by atomic mass is 16.3. The molecule has 2 rings (SSSR count). The summed E-state index contributed by atoms with van der Waals surface area (Å²) in [5, 5.41) is 3.05. The van der Waals surface area contributed by atoms with Crippen LogP contribution in [0.2, 0.25) is 0 Å². The quantitative estimate of drug-likeness (QED) is 0.529. The summed E-state index contributed by atoms with van der Waals surface area (Å²) < 4.78 is 0. The van der Waals surface area contributed by atoms with Gasteiger partial charge in [-0.2, -0.15) is 4.91 Å². The zero-order valence-electron chi connectivity index (χ0n) is 11.9. The van der Waals surface area contributed by atoms with Gasteiger partial charge in [-0.3, -0.25) is 0 Å². The highest BCUT2D eigenvalue weighted by molar-refractivity contribution is 5.06. The van der Waals surface area contributed by atoms with E-state index < -0.39 is 0 Å². The van der Waals surface area contributed by atoms with E-state index in [1.807, 2.05) is 0 Å². The van der Waals surface area contributed by atoms with Crippen LogP contribution in [0.4, 0.5) is 0 Å². The van der Waals surface area contributed by atoms with Gasteiger partial charge in [0.2, 0.25) is 0 Å². The van der Waals surface area contributed by atoms with Crippen molar-refractivity contribution in [3.8, 4) is 0 Å². The molecule has 104 valence electrons. The van der Waals surface area contributed by atoms with Crippen molar-refractivity contribution < 1.29 is 0 Å². The Bertz CT molecular complexity index is 286. The molecule has 0 aliphatic heterocycles. The van der Waals surface area contributed by atoms with Crippen molar-refractivity contribution in [2.45, 2.75) is 64.3 Å². The highest BCUT2D eigenvalue weighted by Gasteiger charge is 2.52. The molecule has 0 radical (unpaired) electrons. The molecule has 2 N–H and O–H groups in total. The number of nitrogens with zero attached hydrogens (tertiary/aromatic N) is 1. The minimum atomic E-state index is 0.0907. The normalized spacial score (nSPS) is 42.4. The van der Waals surface area contributed by atoms with E-state index in [0.29, 0.717) is 24.3 Å². The van der Waals surface area contributed by atoms with Crippen molar-refractivity contribution in [3.63, 3.8) is 0 Å². The van der Waals surface area contributed by atoms with Gasteiger partial charge in [-0.15, -0.1) is 0 Å². The van der Waals surface area contributed by atoms with E-state index in [1.54, 1.807) is 0 Å². The Balaban J connectivity index is 1.65. The van der Waals surface area contributed by atoms with Gasteiger partial charge in [0.05, 0.1) is 6.54 Å². The highest BCUT2D eigenvalue weighted by Crippen LogP contribution is 2.54. The molecule has 0 spiro atoms. The summed E-state index contributed by atoms with van der Waals surface area (Å²) in [6, 6.07) is 0. The number of nitrogens with two attached hydrogens (primary N) is 1. The van der Waals surface area contributed by atoms with Crippen LogP contribution >= 0.6 is 0 Å². The third-order valence-electron chi connectivity index (χ3n) is 5.29. The Kier molecular flexibility index (Phi) is 4.41. The fourth-order valence-electron chi connectivity index (χ4n) is 3.97. The second-order valence-electron chi connectivity index (χ2n) is 6.84. The van der Waals surface area contributed by atoms with Crippen LogP contribution < -0.4 is 5.73 Å². The molecule has 0 amide bonds. The van der Waals surface area contributed by atoms with E-state index in [1.165, 1.54) is 38.5 Å². The Morgan fingerprint density at radius 1 is 1.28 bits per heavy atom. The van der Waals surface area contributed by atoms with E-state index in [0.717, 1.165) is 12.3 Å². The van der Waals surface area contributed by atoms with E-state index in [-0.39, 0.29) is 5.54 Å². The number of rotatable bonds is 8. The van der Waals surface area contributed by atoms with Gasteiger partial charge in [-0.1, -0.05) is 44.7 Å². The molecule has 2 aliphatic rings. The fourth-order valence-corrected chi connectivity index (χ4v) is 3.97. The lowest BCUT2D eigenvalue weighted by Gasteiger charge is -2.46. The van der Waals surface area contributed by atoms with Crippen LogP contribution in [-0.2, 0) is 0 Å². The van der Waals surface area contributed by atoms with Crippen LogP contribution in [0, 0.1) is 28.6 Å². The van der Waals surface area contributed by atoms with Crippen LogP contribution in [0.3, 0.4) is 0 Å². The second-order valence-corrected chi connectivity index (χ2v) is 6.84. The summed E-state index contributed by atoms with van der Waals surface area (Å²) in [4.78, 5) is 10.3. The average molecular weight is 252 g/mol. The summed E-state index contributed by atoms with van der Waals surface area (Å²) in [7, 11) is 0. The third-order valence-corrected chi connectivity index (χ3v) is 5.29. The molecular weight excluding hydrogens is 224 g/mol. The monoisotopic (exact) mass is 252 g/mol. The molecule has 3 nitrogen and oxygen atoms in total. The Morgan fingerprint density at radius 3 is 2.61 bits per heavy atom.